The highest BCUT2D eigenvalue weighted by molar-refractivity contribution is 6.00. The lowest BCUT2D eigenvalue weighted by molar-refractivity contribution is 0.100. The van der Waals surface area contributed by atoms with Gasteiger partial charge in [-0.15, -0.1) is 0 Å². The first-order valence-corrected chi connectivity index (χ1v) is 5.29. The number of phenols is 1. The van der Waals surface area contributed by atoms with Crippen molar-refractivity contribution in [2.75, 3.05) is 0 Å². The Morgan fingerprint density at radius 3 is 2.41 bits per heavy atom. The average molecular weight is 227 g/mol. The summed E-state index contributed by atoms with van der Waals surface area (Å²) in [5.74, 6) is -0.259. The van der Waals surface area contributed by atoms with E-state index in [2.05, 4.69) is 0 Å². The standard InChI is InChI=1S/C14H13NO2/c1-9-10(7-4-8-13(9)16)11-5-2-3-6-12(11)14(15)17/h2-8,16H,1H3,(H2,15,17). The van der Waals surface area contributed by atoms with Gasteiger partial charge in [-0.3, -0.25) is 4.79 Å². The summed E-state index contributed by atoms with van der Waals surface area (Å²) in [6.45, 7) is 1.81. The van der Waals surface area contributed by atoms with Crippen LogP contribution in [0, 0.1) is 6.92 Å². The highest BCUT2D eigenvalue weighted by Gasteiger charge is 2.12. The molecule has 1 amide bonds. The fraction of sp³-hybridized carbons (Fsp3) is 0.0714. The van der Waals surface area contributed by atoms with Gasteiger partial charge in [0.25, 0.3) is 0 Å². The van der Waals surface area contributed by atoms with E-state index in [1.807, 2.05) is 25.1 Å². The van der Waals surface area contributed by atoms with E-state index in [1.54, 1.807) is 24.3 Å². The van der Waals surface area contributed by atoms with Gasteiger partial charge in [-0.05, 0) is 35.7 Å². The second-order valence-corrected chi connectivity index (χ2v) is 3.86. The molecule has 2 aromatic rings. The van der Waals surface area contributed by atoms with Gasteiger partial charge < -0.3 is 10.8 Å². The Hall–Kier alpha value is -2.29. The molecule has 0 bridgehead atoms. The van der Waals surface area contributed by atoms with Crippen LogP contribution in [0.4, 0.5) is 0 Å². The highest BCUT2D eigenvalue weighted by Crippen LogP contribution is 2.31. The molecule has 0 fully saturated rings. The largest absolute Gasteiger partial charge is 0.508 e. The molecular weight excluding hydrogens is 214 g/mol. The molecule has 0 unspecified atom stereocenters. The summed E-state index contributed by atoms with van der Waals surface area (Å²) in [7, 11) is 0. The van der Waals surface area contributed by atoms with Gasteiger partial charge in [-0.1, -0.05) is 30.3 Å². The van der Waals surface area contributed by atoms with E-state index in [0.29, 0.717) is 5.56 Å². The number of benzene rings is 2. The number of nitrogens with two attached hydrogens (primary N) is 1. The van der Waals surface area contributed by atoms with E-state index in [9.17, 15) is 9.90 Å². The Kier molecular flexibility index (Phi) is 2.83. The highest BCUT2D eigenvalue weighted by atomic mass is 16.3. The summed E-state index contributed by atoms with van der Waals surface area (Å²) < 4.78 is 0. The third-order valence-electron chi connectivity index (χ3n) is 2.79. The van der Waals surface area contributed by atoms with E-state index in [0.717, 1.165) is 16.7 Å². The molecule has 0 aliphatic rings. The zero-order chi connectivity index (χ0) is 12.4. The van der Waals surface area contributed by atoms with Crippen LogP contribution in [0.1, 0.15) is 15.9 Å². The third-order valence-corrected chi connectivity index (χ3v) is 2.79. The lowest BCUT2D eigenvalue weighted by Crippen LogP contribution is -2.12. The number of rotatable bonds is 2. The Morgan fingerprint density at radius 2 is 1.71 bits per heavy atom. The molecule has 0 aromatic heterocycles. The molecule has 3 heteroatoms. The molecule has 0 radical (unpaired) electrons. The number of hydrogen-bond acceptors (Lipinski definition) is 2. The van der Waals surface area contributed by atoms with Crippen LogP contribution in [0.25, 0.3) is 11.1 Å². The summed E-state index contributed by atoms with van der Waals surface area (Å²) in [5.41, 5.74) is 8.10. The van der Waals surface area contributed by atoms with E-state index in [-0.39, 0.29) is 5.75 Å². The number of phenolic OH excluding ortho intramolecular Hbond substituents is 1. The van der Waals surface area contributed by atoms with Crippen molar-refractivity contribution in [1.29, 1.82) is 0 Å². The first-order valence-electron chi connectivity index (χ1n) is 5.29. The molecule has 86 valence electrons. The number of amides is 1. The molecule has 0 saturated carbocycles. The number of aromatic hydroxyl groups is 1. The summed E-state index contributed by atoms with van der Waals surface area (Å²) in [4.78, 5) is 11.4. The van der Waals surface area contributed by atoms with Gasteiger partial charge in [0.05, 0.1) is 0 Å². The maximum absolute atomic E-state index is 11.4. The van der Waals surface area contributed by atoms with Crippen LogP contribution >= 0.6 is 0 Å². The minimum absolute atomic E-state index is 0.210. The Bertz CT molecular complexity index is 576. The Morgan fingerprint density at radius 1 is 1.06 bits per heavy atom. The van der Waals surface area contributed by atoms with Gasteiger partial charge in [0.1, 0.15) is 5.75 Å². The maximum Gasteiger partial charge on any atom is 0.249 e. The summed E-state index contributed by atoms with van der Waals surface area (Å²) in [6.07, 6.45) is 0. The van der Waals surface area contributed by atoms with E-state index < -0.39 is 5.91 Å². The van der Waals surface area contributed by atoms with Crippen molar-refractivity contribution in [3.63, 3.8) is 0 Å². The van der Waals surface area contributed by atoms with Gasteiger partial charge in [-0.25, -0.2) is 0 Å². The minimum Gasteiger partial charge on any atom is -0.508 e. The van der Waals surface area contributed by atoms with Crippen molar-refractivity contribution in [1.82, 2.24) is 0 Å². The molecular formula is C14H13NO2. The second-order valence-electron chi connectivity index (χ2n) is 3.86. The molecule has 3 nitrogen and oxygen atoms in total. The van der Waals surface area contributed by atoms with Gasteiger partial charge >= 0.3 is 0 Å². The van der Waals surface area contributed by atoms with Crippen LogP contribution in [0.3, 0.4) is 0 Å². The molecule has 0 atom stereocenters. The predicted octanol–water partition coefficient (Wildman–Crippen LogP) is 2.47. The summed E-state index contributed by atoms with van der Waals surface area (Å²) in [5, 5.41) is 9.67. The van der Waals surface area contributed by atoms with Crippen LogP contribution < -0.4 is 5.73 Å². The van der Waals surface area contributed by atoms with Crippen LogP contribution in [0.15, 0.2) is 42.5 Å². The SMILES string of the molecule is Cc1c(O)cccc1-c1ccccc1C(N)=O. The van der Waals surface area contributed by atoms with Crippen molar-refractivity contribution < 1.29 is 9.90 Å². The third kappa shape index (κ3) is 1.99. The molecule has 0 spiro atoms. The van der Waals surface area contributed by atoms with Crippen LogP contribution in [-0.4, -0.2) is 11.0 Å². The average Bonchev–Trinajstić information content (AvgIpc) is 2.33. The lowest BCUT2D eigenvalue weighted by Gasteiger charge is -2.10. The number of carbonyl (C=O) groups is 1. The monoisotopic (exact) mass is 227 g/mol. The molecule has 3 N–H and O–H groups in total. The van der Waals surface area contributed by atoms with E-state index in [4.69, 9.17) is 5.73 Å². The first-order chi connectivity index (χ1) is 8.11. The van der Waals surface area contributed by atoms with Crippen molar-refractivity contribution in [3.8, 4) is 16.9 Å². The first kappa shape index (κ1) is 11.2. The summed E-state index contributed by atoms with van der Waals surface area (Å²) in [6, 6.07) is 12.3. The minimum atomic E-state index is -0.469. The molecule has 0 aliphatic heterocycles. The van der Waals surface area contributed by atoms with Gasteiger partial charge in [0.15, 0.2) is 0 Å². The molecule has 2 aromatic carbocycles. The quantitative estimate of drug-likeness (QED) is 0.827. The number of carbonyl (C=O) groups excluding carboxylic acids is 1. The van der Waals surface area contributed by atoms with Crippen molar-refractivity contribution in [2.45, 2.75) is 6.92 Å². The topological polar surface area (TPSA) is 63.3 Å². The van der Waals surface area contributed by atoms with E-state index in [1.165, 1.54) is 0 Å². The molecule has 0 saturated heterocycles. The van der Waals surface area contributed by atoms with Crippen LogP contribution in [0.5, 0.6) is 5.75 Å². The Labute approximate surface area is 99.5 Å². The molecule has 0 heterocycles. The molecule has 0 aliphatic carbocycles. The van der Waals surface area contributed by atoms with Crippen molar-refractivity contribution in [3.05, 3.63) is 53.6 Å². The fourth-order valence-corrected chi connectivity index (χ4v) is 1.85. The van der Waals surface area contributed by atoms with Gasteiger partial charge in [0.2, 0.25) is 5.91 Å². The smallest absolute Gasteiger partial charge is 0.249 e. The Balaban J connectivity index is 2.69. The zero-order valence-electron chi connectivity index (χ0n) is 9.47. The summed E-state index contributed by atoms with van der Waals surface area (Å²) >= 11 is 0. The number of hydrogen-bond donors (Lipinski definition) is 2. The van der Waals surface area contributed by atoms with Crippen LogP contribution in [-0.2, 0) is 0 Å². The second kappa shape index (κ2) is 4.29. The van der Waals surface area contributed by atoms with Gasteiger partial charge in [-0.2, -0.15) is 0 Å². The normalized spacial score (nSPS) is 10.2. The van der Waals surface area contributed by atoms with Crippen molar-refractivity contribution in [2.24, 2.45) is 5.73 Å². The zero-order valence-corrected chi connectivity index (χ0v) is 9.47. The molecule has 17 heavy (non-hydrogen) atoms. The van der Waals surface area contributed by atoms with Crippen LogP contribution in [0.2, 0.25) is 0 Å². The maximum atomic E-state index is 11.4. The predicted molar refractivity (Wildman–Crippen MR) is 66.8 cm³/mol. The van der Waals surface area contributed by atoms with E-state index >= 15 is 0 Å². The van der Waals surface area contributed by atoms with Gasteiger partial charge in [0, 0.05) is 5.56 Å². The van der Waals surface area contributed by atoms with Crippen molar-refractivity contribution >= 4 is 5.91 Å². The lowest BCUT2D eigenvalue weighted by atomic mass is 9.95. The fourth-order valence-electron chi connectivity index (χ4n) is 1.85. The number of primary amides is 1. The molecule has 2 rings (SSSR count).